The minimum Gasteiger partial charge on any atom is -0.457 e. The maximum atomic E-state index is 13.6. The van der Waals surface area contributed by atoms with E-state index in [1.54, 1.807) is 19.2 Å². The summed E-state index contributed by atoms with van der Waals surface area (Å²) in [4.78, 5) is 11.9. The number of ether oxygens (including phenoxy) is 3. The fourth-order valence-corrected chi connectivity index (χ4v) is 6.04. The van der Waals surface area contributed by atoms with E-state index in [9.17, 15) is 18.3 Å². The number of hydrogen-bond donors (Lipinski definition) is 2. The zero-order chi connectivity index (χ0) is 24.1. The van der Waals surface area contributed by atoms with Gasteiger partial charge in [-0.25, -0.2) is 8.42 Å². The van der Waals surface area contributed by atoms with Crippen LogP contribution in [0.5, 0.6) is 11.5 Å². The van der Waals surface area contributed by atoms with Gasteiger partial charge in [0.25, 0.3) is 0 Å². The van der Waals surface area contributed by atoms with E-state index in [1.165, 1.54) is 16.4 Å². The molecule has 2 aromatic carbocycles. The molecule has 0 unspecified atom stereocenters. The molecule has 2 N–H and O–H groups in total. The number of carbonyl (C=O) groups is 1. The number of carbonyl (C=O) groups excluding carboxylic acids is 1. The molecule has 0 aromatic heterocycles. The number of aliphatic hydroxyl groups is 1. The predicted octanol–water partition coefficient (Wildman–Crippen LogP) is 1.91. The van der Waals surface area contributed by atoms with Gasteiger partial charge in [0, 0.05) is 13.6 Å². The van der Waals surface area contributed by atoms with Crippen LogP contribution in [0.1, 0.15) is 19.3 Å². The molecule has 0 spiro atoms. The van der Waals surface area contributed by atoms with Crippen LogP contribution in [-0.2, 0) is 24.3 Å². The molecule has 2 aliphatic rings. The van der Waals surface area contributed by atoms with Crippen molar-refractivity contribution in [2.24, 2.45) is 0 Å². The van der Waals surface area contributed by atoms with Gasteiger partial charge in [0.15, 0.2) is 0 Å². The molecular weight excluding hydrogens is 460 g/mol. The molecule has 1 amide bonds. The highest BCUT2D eigenvalue weighted by atomic mass is 32.2. The lowest BCUT2D eigenvalue weighted by molar-refractivity contribution is -0.146. The Morgan fingerprint density at radius 1 is 1.09 bits per heavy atom. The average Bonchev–Trinajstić information content (AvgIpc) is 2.82. The molecule has 4 rings (SSSR count). The first-order valence-corrected chi connectivity index (χ1v) is 12.8. The molecule has 2 aliphatic heterocycles. The Labute approximate surface area is 199 Å². The number of fused-ring (bicyclic) bond motifs is 1. The molecule has 0 radical (unpaired) electrons. The number of nitrogens with one attached hydrogen (secondary N) is 1. The molecular formula is C24H30N2O7S. The van der Waals surface area contributed by atoms with Crippen LogP contribution in [0.4, 0.5) is 0 Å². The van der Waals surface area contributed by atoms with Gasteiger partial charge < -0.3 is 24.6 Å². The van der Waals surface area contributed by atoms with E-state index in [-0.39, 0.29) is 43.1 Å². The number of rotatable bonds is 6. The third-order valence-electron chi connectivity index (χ3n) is 6.03. The molecule has 4 atom stereocenters. The van der Waals surface area contributed by atoms with Crippen molar-refractivity contribution in [1.29, 1.82) is 0 Å². The maximum absolute atomic E-state index is 13.6. The van der Waals surface area contributed by atoms with Crippen molar-refractivity contribution in [2.75, 3.05) is 26.8 Å². The van der Waals surface area contributed by atoms with Gasteiger partial charge in [-0.2, -0.15) is 4.31 Å². The molecule has 9 nitrogen and oxygen atoms in total. The first-order valence-electron chi connectivity index (χ1n) is 11.3. The Hall–Kier alpha value is -2.50. The highest BCUT2D eigenvalue weighted by Crippen LogP contribution is 2.32. The Kier molecular flexibility index (Phi) is 7.84. The lowest BCUT2D eigenvalue weighted by Gasteiger charge is -2.43. The van der Waals surface area contributed by atoms with Crippen LogP contribution in [0.25, 0.3) is 0 Å². The molecule has 184 valence electrons. The Bertz CT molecular complexity index is 1060. The second-order valence-corrected chi connectivity index (χ2v) is 10.4. The fourth-order valence-electron chi connectivity index (χ4n) is 4.32. The Morgan fingerprint density at radius 3 is 2.50 bits per heavy atom. The molecule has 2 aromatic rings. The highest BCUT2D eigenvalue weighted by molar-refractivity contribution is 7.89. The summed E-state index contributed by atoms with van der Waals surface area (Å²) in [6, 6.07) is 14.9. The molecule has 0 aliphatic carbocycles. The Balaban J connectivity index is 1.54. The molecule has 0 bridgehead atoms. The van der Waals surface area contributed by atoms with E-state index in [0.29, 0.717) is 24.3 Å². The number of para-hydroxylation sites is 1. The summed E-state index contributed by atoms with van der Waals surface area (Å²) in [5.74, 6) is 1.04. The van der Waals surface area contributed by atoms with E-state index >= 15 is 0 Å². The monoisotopic (exact) mass is 490 g/mol. The second kappa shape index (κ2) is 10.8. The van der Waals surface area contributed by atoms with Gasteiger partial charge in [-0.3, -0.25) is 4.79 Å². The zero-order valence-corrected chi connectivity index (χ0v) is 19.8. The summed E-state index contributed by atoms with van der Waals surface area (Å²) in [7, 11) is -2.37. The van der Waals surface area contributed by atoms with Crippen molar-refractivity contribution in [1.82, 2.24) is 9.62 Å². The third kappa shape index (κ3) is 5.76. The molecule has 0 saturated carbocycles. The van der Waals surface area contributed by atoms with Gasteiger partial charge in [-0.15, -0.1) is 0 Å². The lowest BCUT2D eigenvalue weighted by atomic mass is 9.96. The summed E-state index contributed by atoms with van der Waals surface area (Å²) in [6.07, 6.45) is -0.575. The topological polar surface area (TPSA) is 114 Å². The van der Waals surface area contributed by atoms with E-state index in [0.717, 1.165) is 0 Å². The molecule has 10 heteroatoms. The predicted molar refractivity (Wildman–Crippen MR) is 124 cm³/mol. The van der Waals surface area contributed by atoms with Crippen molar-refractivity contribution < 1.29 is 32.5 Å². The SMILES string of the molecule is CNC(=O)C[C@@H]1CC[C@@H]2[C@H](COC[C@H](O)CN2S(=O)(=O)c2ccc(Oc3ccccc3)cc2)O1. The van der Waals surface area contributed by atoms with Crippen LogP contribution in [0.15, 0.2) is 59.5 Å². The van der Waals surface area contributed by atoms with Crippen LogP contribution in [-0.4, -0.2) is 74.9 Å². The van der Waals surface area contributed by atoms with Crippen molar-refractivity contribution in [2.45, 2.75) is 48.5 Å². The zero-order valence-electron chi connectivity index (χ0n) is 19.0. The number of nitrogens with zero attached hydrogens (tertiary/aromatic N) is 1. The van der Waals surface area contributed by atoms with E-state index < -0.39 is 28.3 Å². The van der Waals surface area contributed by atoms with Gasteiger partial charge in [-0.05, 0) is 49.2 Å². The van der Waals surface area contributed by atoms with Crippen LogP contribution < -0.4 is 10.1 Å². The van der Waals surface area contributed by atoms with Gasteiger partial charge in [0.05, 0.1) is 48.9 Å². The van der Waals surface area contributed by atoms with Crippen LogP contribution in [0, 0.1) is 0 Å². The number of β-amino-alcohol motifs (C(OH)–C–C–N with tert-alkyl or cyclic N) is 1. The highest BCUT2D eigenvalue weighted by Gasteiger charge is 2.43. The van der Waals surface area contributed by atoms with Crippen molar-refractivity contribution >= 4 is 15.9 Å². The summed E-state index contributed by atoms with van der Waals surface area (Å²) >= 11 is 0. The number of amides is 1. The van der Waals surface area contributed by atoms with Crippen LogP contribution in [0.3, 0.4) is 0 Å². The molecule has 34 heavy (non-hydrogen) atoms. The number of sulfonamides is 1. The second-order valence-electron chi connectivity index (χ2n) is 8.47. The lowest BCUT2D eigenvalue weighted by Crippen LogP contribution is -2.57. The number of aliphatic hydroxyl groups excluding tert-OH is 1. The summed E-state index contributed by atoms with van der Waals surface area (Å²) in [5, 5.41) is 12.9. The van der Waals surface area contributed by atoms with Gasteiger partial charge in [0.1, 0.15) is 11.5 Å². The van der Waals surface area contributed by atoms with E-state index in [1.807, 2.05) is 30.3 Å². The summed E-state index contributed by atoms with van der Waals surface area (Å²) in [6.45, 7) is 0.0413. The molecule has 2 heterocycles. The van der Waals surface area contributed by atoms with Crippen molar-refractivity contribution in [3.63, 3.8) is 0 Å². The first-order chi connectivity index (χ1) is 16.4. The third-order valence-corrected chi connectivity index (χ3v) is 7.94. The quantitative estimate of drug-likeness (QED) is 0.636. The summed E-state index contributed by atoms with van der Waals surface area (Å²) in [5.41, 5.74) is 0. The maximum Gasteiger partial charge on any atom is 0.243 e. The summed E-state index contributed by atoms with van der Waals surface area (Å²) < 4.78 is 46.0. The van der Waals surface area contributed by atoms with Crippen LogP contribution >= 0.6 is 0 Å². The van der Waals surface area contributed by atoms with Gasteiger partial charge in [0.2, 0.25) is 15.9 Å². The van der Waals surface area contributed by atoms with Crippen molar-refractivity contribution in [3.8, 4) is 11.5 Å². The number of hydrogen-bond acceptors (Lipinski definition) is 7. The smallest absolute Gasteiger partial charge is 0.243 e. The fraction of sp³-hybridized carbons (Fsp3) is 0.458. The first kappa shape index (κ1) is 24.6. The number of benzene rings is 2. The largest absolute Gasteiger partial charge is 0.457 e. The van der Waals surface area contributed by atoms with Gasteiger partial charge in [-0.1, -0.05) is 18.2 Å². The minimum absolute atomic E-state index is 0.00255. The van der Waals surface area contributed by atoms with Crippen LogP contribution in [0.2, 0.25) is 0 Å². The van der Waals surface area contributed by atoms with E-state index in [4.69, 9.17) is 14.2 Å². The van der Waals surface area contributed by atoms with E-state index in [2.05, 4.69) is 5.32 Å². The normalized spacial score (nSPS) is 26.1. The molecule has 2 fully saturated rings. The standard InChI is InChI=1S/C24H30N2O7S/c1-25-24(28)13-20-9-12-22-23(33-20)16-31-15-17(27)14-26(22)34(29,30)21-10-7-19(8-11-21)32-18-5-3-2-4-6-18/h2-8,10-11,17,20,22-23,27H,9,12-16H2,1H3,(H,25,28)/t17-,20+,22-,23+/m1/s1. The van der Waals surface area contributed by atoms with Crippen molar-refractivity contribution in [3.05, 3.63) is 54.6 Å². The molecule has 2 saturated heterocycles. The van der Waals surface area contributed by atoms with Gasteiger partial charge >= 0.3 is 0 Å². The minimum atomic E-state index is -3.94. The average molecular weight is 491 g/mol. The Morgan fingerprint density at radius 2 is 1.79 bits per heavy atom.